The lowest BCUT2D eigenvalue weighted by atomic mass is 10.1. The zero-order valence-corrected chi connectivity index (χ0v) is 20.6. The average molecular weight is 542 g/mol. The van der Waals surface area contributed by atoms with Crippen molar-refractivity contribution in [2.45, 2.75) is 52.3 Å². The van der Waals surface area contributed by atoms with Crippen LogP contribution in [0.15, 0.2) is 23.3 Å². The van der Waals surface area contributed by atoms with Crippen molar-refractivity contribution in [3.05, 3.63) is 35.5 Å². The molecule has 1 aliphatic heterocycles. The second kappa shape index (κ2) is 12.5. The first-order valence-electron chi connectivity index (χ1n) is 10.3. The number of aryl methyl sites for hydroxylation is 2. The van der Waals surface area contributed by atoms with Gasteiger partial charge < -0.3 is 20.7 Å². The molecule has 0 spiro atoms. The van der Waals surface area contributed by atoms with Crippen LogP contribution in [0.5, 0.6) is 0 Å². The fraction of sp³-hybridized carbons (Fsp3) is 0.550. The van der Waals surface area contributed by atoms with Crippen LogP contribution in [0.2, 0.25) is 0 Å². The second-order valence-corrected chi connectivity index (χ2v) is 7.22. The molecule has 3 N–H and O–H groups in total. The molecule has 0 radical (unpaired) electrons. The number of hydrogen-bond acceptors (Lipinski definition) is 6. The van der Waals surface area contributed by atoms with Gasteiger partial charge in [-0.3, -0.25) is 9.79 Å². The lowest BCUT2D eigenvalue weighted by Crippen LogP contribution is -2.47. The van der Waals surface area contributed by atoms with Crippen LogP contribution in [-0.2, 0) is 29.1 Å². The molecule has 1 atom stereocenters. The molecule has 2 aromatic rings. The van der Waals surface area contributed by atoms with Crippen LogP contribution in [0.4, 0.5) is 5.82 Å². The number of nitrogens with zero attached hydrogens (tertiary/aromatic N) is 5. The van der Waals surface area contributed by atoms with E-state index in [0.717, 1.165) is 37.3 Å². The number of aromatic nitrogens is 4. The van der Waals surface area contributed by atoms with Gasteiger partial charge in [-0.15, -0.1) is 24.0 Å². The maximum atomic E-state index is 12.1. The van der Waals surface area contributed by atoms with E-state index in [4.69, 9.17) is 4.74 Å². The van der Waals surface area contributed by atoms with Crippen LogP contribution >= 0.6 is 24.0 Å². The van der Waals surface area contributed by atoms with Crippen molar-refractivity contribution in [1.82, 2.24) is 30.4 Å². The molecule has 3 rings (SSSR count). The number of rotatable bonds is 8. The quantitative estimate of drug-likeness (QED) is 0.264. The van der Waals surface area contributed by atoms with Crippen molar-refractivity contribution >= 4 is 41.7 Å². The number of fused-ring (bicyclic) bond motifs is 1. The molecule has 1 amide bonds. The molecular weight excluding hydrogens is 511 g/mol. The molecule has 0 saturated heterocycles. The summed E-state index contributed by atoms with van der Waals surface area (Å²) in [6.07, 6.45) is 3.79. The maximum Gasteiger partial charge on any atom is 0.227 e. The number of aliphatic imine (C=N–C) groups is 1. The molecule has 0 fully saturated rings. The number of carbonyl (C=O) groups is 1. The van der Waals surface area contributed by atoms with Crippen LogP contribution in [0.25, 0.3) is 0 Å². The number of methoxy groups -OCH3 is 1. The van der Waals surface area contributed by atoms with Crippen molar-refractivity contribution in [3.63, 3.8) is 0 Å². The predicted octanol–water partition coefficient (Wildman–Crippen LogP) is 1.64. The van der Waals surface area contributed by atoms with Crippen molar-refractivity contribution < 1.29 is 9.53 Å². The lowest BCUT2D eigenvalue weighted by molar-refractivity contribution is -0.116. The van der Waals surface area contributed by atoms with Crippen LogP contribution in [-0.4, -0.2) is 57.9 Å². The number of halogens is 1. The summed E-state index contributed by atoms with van der Waals surface area (Å²) in [6.45, 7) is 6.23. The van der Waals surface area contributed by atoms with Crippen molar-refractivity contribution in [1.29, 1.82) is 0 Å². The van der Waals surface area contributed by atoms with Gasteiger partial charge in [0.2, 0.25) is 5.91 Å². The van der Waals surface area contributed by atoms with E-state index in [1.807, 2.05) is 24.6 Å². The molecule has 11 heteroatoms. The molecule has 170 valence electrons. The third-order valence-corrected chi connectivity index (χ3v) is 4.65. The van der Waals surface area contributed by atoms with Gasteiger partial charge in [-0.25, -0.2) is 14.6 Å². The zero-order valence-electron chi connectivity index (χ0n) is 18.2. The summed E-state index contributed by atoms with van der Waals surface area (Å²) < 4.78 is 7.05. The summed E-state index contributed by atoms with van der Waals surface area (Å²) in [5.74, 6) is 2.84. The molecule has 0 saturated carbocycles. The van der Waals surface area contributed by atoms with Gasteiger partial charge in [-0.2, -0.15) is 5.10 Å². The molecular formula is C20H31IN8O2. The smallest absolute Gasteiger partial charge is 0.227 e. The Morgan fingerprint density at radius 2 is 2.23 bits per heavy atom. The van der Waals surface area contributed by atoms with E-state index < -0.39 is 0 Å². The molecule has 3 heterocycles. The minimum atomic E-state index is -0.110. The van der Waals surface area contributed by atoms with E-state index in [1.165, 1.54) is 0 Å². The minimum absolute atomic E-state index is 0. The Balaban J connectivity index is 0.00000341. The van der Waals surface area contributed by atoms with Crippen molar-refractivity contribution in [2.75, 3.05) is 25.5 Å². The van der Waals surface area contributed by atoms with Crippen molar-refractivity contribution in [3.8, 4) is 0 Å². The zero-order chi connectivity index (χ0) is 21.3. The van der Waals surface area contributed by atoms with Gasteiger partial charge >= 0.3 is 0 Å². The highest BCUT2D eigenvalue weighted by Gasteiger charge is 2.22. The van der Waals surface area contributed by atoms with Gasteiger partial charge in [0.15, 0.2) is 11.8 Å². The number of ether oxygens (including phenoxy) is 1. The summed E-state index contributed by atoms with van der Waals surface area (Å²) in [4.78, 5) is 25.4. The van der Waals surface area contributed by atoms with E-state index >= 15 is 0 Å². The fourth-order valence-electron chi connectivity index (χ4n) is 3.20. The van der Waals surface area contributed by atoms with E-state index in [-0.39, 0.29) is 42.3 Å². The first kappa shape index (κ1) is 25.0. The third-order valence-electron chi connectivity index (χ3n) is 4.65. The van der Waals surface area contributed by atoms with Gasteiger partial charge in [0.25, 0.3) is 0 Å². The van der Waals surface area contributed by atoms with Gasteiger partial charge in [-0.05, 0) is 31.9 Å². The molecule has 1 unspecified atom stereocenters. The van der Waals surface area contributed by atoms with E-state index in [2.05, 4.69) is 36.0 Å². The number of guanidine groups is 1. The number of amides is 1. The monoisotopic (exact) mass is 542 g/mol. The molecule has 0 aromatic carbocycles. The number of carbonyl (C=O) groups excluding carboxylic acids is 1. The predicted molar refractivity (Wildman–Crippen MR) is 130 cm³/mol. The maximum absolute atomic E-state index is 12.1. The molecule has 2 aromatic heterocycles. The summed E-state index contributed by atoms with van der Waals surface area (Å²) in [5, 5.41) is 14.0. The highest BCUT2D eigenvalue weighted by Crippen LogP contribution is 2.13. The highest BCUT2D eigenvalue weighted by molar-refractivity contribution is 14.0. The van der Waals surface area contributed by atoms with Crippen LogP contribution < -0.4 is 16.0 Å². The van der Waals surface area contributed by atoms with Gasteiger partial charge in [-0.1, -0.05) is 6.07 Å². The molecule has 1 aliphatic rings. The lowest BCUT2D eigenvalue weighted by Gasteiger charge is -2.25. The Bertz CT molecular complexity index is 869. The van der Waals surface area contributed by atoms with Crippen molar-refractivity contribution in [2.24, 2.45) is 4.99 Å². The van der Waals surface area contributed by atoms with E-state index in [9.17, 15) is 4.79 Å². The van der Waals surface area contributed by atoms with Gasteiger partial charge in [0, 0.05) is 38.7 Å². The normalized spacial score (nSPS) is 15.6. The summed E-state index contributed by atoms with van der Waals surface area (Å²) in [5.41, 5.74) is 1.05. The van der Waals surface area contributed by atoms with E-state index in [0.29, 0.717) is 30.8 Å². The standard InChI is InChI=1S/C20H30N8O2.HI/c1-4-21-20(22-10-9-19(29)26-16-7-5-14(2)11-23-16)24-15-6-8-18-25-17(13-30-3)27-28(18)12-15;/h5,7,11,15H,4,6,8-10,12-13H2,1-3H3,(H2,21,22,24)(H,23,26,29);1H. The molecule has 10 nitrogen and oxygen atoms in total. The Labute approximate surface area is 199 Å². The Kier molecular flexibility index (Phi) is 10.1. The summed E-state index contributed by atoms with van der Waals surface area (Å²) in [6, 6.07) is 3.90. The van der Waals surface area contributed by atoms with Gasteiger partial charge in [0.05, 0.1) is 13.1 Å². The Morgan fingerprint density at radius 1 is 1.39 bits per heavy atom. The largest absolute Gasteiger partial charge is 0.377 e. The topological polar surface area (TPSA) is 118 Å². The van der Waals surface area contributed by atoms with Crippen LogP contribution in [0.1, 0.15) is 37.0 Å². The second-order valence-electron chi connectivity index (χ2n) is 7.22. The van der Waals surface area contributed by atoms with E-state index in [1.54, 1.807) is 19.4 Å². The first-order valence-corrected chi connectivity index (χ1v) is 10.3. The number of pyridine rings is 1. The third kappa shape index (κ3) is 7.73. The van der Waals surface area contributed by atoms with Gasteiger partial charge in [0.1, 0.15) is 18.2 Å². The number of nitrogens with one attached hydrogen (secondary N) is 3. The summed E-state index contributed by atoms with van der Waals surface area (Å²) in [7, 11) is 1.64. The molecule has 0 bridgehead atoms. The average Bonchev–Trinajstić information content (AvgIpc) is 3.12. The Hall–Kier alpha value is -2.28. The number of anilines is 1. The minimum Gasteiger partial charge on any atom is -0.377 e. The summed E-state index contributed by atoms with van der Waals surface area (Å²) >= 11 is 0. The molecule has 31 heavy (non-hydrogen) atoms. The fourth-order valence-corrected chi connectivity index (χ4v) is 3.20. The highest BCUT2D eigenvalue weighted by atomic mass is 127. The SMILES string of the molecule is CCNC(=NCCC(=O)Nc1ccc(C)cn1)NC1CCc2nc(COC)nn2C1.I. The molecule has 0 aliphatic carbocycles. The van der Waals surface area contributed by atoms with Crippen LogP contribution in [0, 0.1) is 6.92 Å². The number of hydrogen-bond donors (Lipinski definition) is 3. The first-order chi connectivity index (χ1) is 14.6. The van der Waals surface area contributed by atoms with Crippen LogP contribution in [0.3, 0.4) is 0 Å². The Morgan fingerprint density at radius 3 is 2.94 bits per heavy atom.